The standard InChI is InChI=1S/C18H19F17O4S2/c1-10(2,3)9(36)8-40(6-4-5-7-40)39-41(37,38)18(34,35)16(29,30)14(25,26)12(21,22)11(19,20)13(23,24)15(27,28)17(31,32)33/h4-8H2,1-3H3. The van der Waals surface area contributed by atoms with Gasteiger partial charge in [-0.15, -0.1) is 10.3 Å². The predicted molar refractivity (Wildman–Crippen MR) is 107 cm³/mol. The van der Waals surface area contributed by atoms with Gasteiger partial charge in [0, 0.05) is 16.9 Å². The second-order valence-corrected chi connectivity index (χ2v) is 14.9. The fourth-order valence-electron chi connectivity index (χ4n) is 3.06. The van der Waals surface area contributed by atoms with E-state index in [-0.39, 0.29) is 12.8 Å². The Balaban J connectivity index is 3.69. The van der Waals surface area contributed by atoms with Gasteiger partial charge in [-0.25, -0.2) is 3.63 Å². The molecule has 1 aliphatic rings. The zero-order valence-corrected chi connectivity index (χ0v) is 22.0. The van der Waals surface area contributed by atoms with Crippen molar-refractivity contribution < 1.29 is 91.5 Å². The lowest BCUT2D eigenvalue weighted by Crippen LogP contribution is -2.75. The Morgan fingerprint density at radius 3 is 1.24 bits per heavy atom. The first-order valence-electron chi connectivity index (χ1n) is 10.5. The zero-order valence-electron chi connectivity index (χ0n) is 20.4. The van der Waals surface area contributed by atoms with Crippen LogP contribution in [0.15, 0.2) is 0 Å². The van der Waals surface area contributed by atoms with Gasteiger partial charge in [-0.3, -0.25) is 4.79 Å². The SMILES string of the molecule is CC(C)(C)C(=O)CS1(OS(=O)(=O)C(F)(F)C(F)(F)C(F)(F)C(F)(F)C(F)(F)C(F)(F)C(F)(F)C(F)(F)F)CCCC1. The van der Waals surface area contributed by atoms with E-state index < -0.39 is 95.8 Å². The van der Waals surface area contributed by atoms with Crippen LogP contribution in [0.5, 0.6) is 0 Å². The van der Waals surface area contributed by atoms with E-state index in [1.54, 1.807) is 0 Å². The highest BCUT2D eigenvalue weighted by Crippen LogP contribution is 2.66. The molecule has 1 saturated heterocycles. The van der Waals surface area contributed by atoms with Gasteiger partial charge >= 0.3 is 57.1 Å². The maximum absolute atomic E-state index is 14.4. The molecule has 0 amide bonds. The van der Waals surface area contributed by atoms with Crippen LogP contribution < -0.4 is 0 Å². The first-order valence-corrected chi connectivity index (χ1v) is 14.0. The van der Waals surface area contributed by atoms with Crippen LogP contribution in [0, 0.1) is 5.41 Å². The Kier molecular flexibility index (Phi) is 9.35. The van der Waals surface area contributed by atoms with E-state index >= 15 is 0 Å². The van der Waals surface area contributed by atoms with Crippen molar-refractivity contribution in [3.05, 3.63) is 0 Å². The maximum atomic E-state index is 14.4. The Hall–Kier alpha value is -1.26. The molecular formula is C18H19F17O4S2. The van der Waals surface area contributed by atoms with Crippen molar-refractivity contribution in [2.24, 2.45) is 5.41 Å². The predicted octanol–water partition coefficient (Wildman–Crippen LogP) is 7.43. The molecule has 0 atom stereocenters. The van der Waals surface area contributed by atoms with Crippen molar-refractivity contribution >= 4 is 26.2 Å². The Morgan fingerprint density at radius 2 is 0.927 bits per heavy atom. The third-order valence-electron chi connectivity index (χ3n) is 5.75. The van der Waals surface area contributed by atoms with Gasteiger partial charge in [0.1, 0.15) is 5.78 Å². The normalized spacial score (nSPS) is 19.8. The van der Waals surface area contributed by atoms with Crippen LogP contribution in [0.25, 0.3) is 0 Å². The van der Waals surface area contributed by atoms with Gasteiger partial charge in [-0.1, -0.05) is 20.8 Å². The average Bonchev–Trinajstić information content (AvgIpc) is 3.18. The topological polar surface area (TPSA) is 60.4 Å². The van der Waals surface area contributed by atoms with E-state index in [0.717, 1.165) is 0 Å². The molecule has 1 heterocycles. The van der Waals surface area contributed by atoms with Gasteiger partial charge in [0.05, 0.1) is 5.75 Å². The van der Waals surface area contributed by atoms with Crippen LogP contribution in [0.3, 0.4) is 0 Å². The minimum absolute atomic E-state index is 0.132. The summed E-state index contributed by atoms with van der Waals surface area (Å²) in [6.07, 6.45) is -8.17. The number of halogens is 17. The molecule has 0 aromatic rings. The Morgan fingerprint density at radius 1 is 0.610 bits per heavy atom. The first-order chi connectivity index (χ1) is 17.5. The minimum atomic E-state index is -8.92. The largest absolute Gasteiger partial charge is 0.460 e. The summed E-state index contributed by atoms with van der Waals surface area (Å²) in [7, 11) is -11.5. The van der Waals surface area contributed by atoms with E-state index in [4.69, 9.17) is 0 Å². The van der Waals surface area contributed by atoms with Crippen molar-refractivity contribution in [1.82, 2.24) is 0 Å². The van der Waals surface area contributed by atoms with Gasteiger partial charge in [0.15, 0.2) is 0 Å². The molecule has 0 aliphatic carbocycles. The lowest BCUT2D eigenvalue weighted by molar-refractivity contribution is -0.458. The zero-order chi connectivity index (χ0) is 33.3. The molecule has 0 bridgehead atoms. The molecule has 0 radical (unpaired) electrons. The fraction of sp³-hybridized carbons (Fsp3) is 0.944. The van der Waals surface area contributed by atoms with Gasteiger partial charge in [0.25, 0.3) is 0 Å². The highest BCUT2D eigenvalue weighted by Gasteiger charge is 2.96. The molecule has 246 valence electrons. The van der Waals surface area contributed by atoms with Crippen LogP contribution in [0.4, 0.5) is 74.6 Å². The highest BCUT2D eigenvalue weighted by atomic mass is 32.3. The number of ketones is 1. The Bertz CT molecular complexity index is 1100. The second-order valence-electron chi connectivity index (χ2n) is 9.88. The summed E-state index contributed by atoms with van der Waals surface area (Å²) in [6, 6.07) is 0. The molecule has 0 unspecified atom stereocenters. The number of carbonyl (C=O) groups excluding carboxylic acids is 1. The second kappa shape index (κ2) is 10.1. The van der Waals surface area contributed by atoms with Gasteiger partial charge < -0.3 is 0 Å². The molecule has 0 aromatic heterocycles. The molecule has 1 aliphatic heterocycles. The van der Waals surface area contributed by atoms with Crippen molar-refractivity contribution in [2.75, 3.05) is 17.3 Å². The van der Waals surface area contributed by atoms with Crippen LogP contribution in [-0.4, -0.2) is 78.4 Å². The van der Waals surface area contributed by atoms with Crippen LogP contribution in [-0.2, 0) is 18.5 Å². The van der Waals surface area contributed by atoms with E-state index in [0.29, 0.717) is 0 Å². The smallest absolute Gasteiger partial charge is 0.298 e. The quantitative estimate of drug-likeness (QED) is 0.212. The van der Waals surface area contributed by atoms with Crippen molar-refractivity contribution in [3.8, 4) is 0 Å². The number of rotatable bonds is 11. The van der Waals surface area contributed by atoms with E-state index in [9.17, 15) is 87.8 Å². The van der Waals surface area contributed by atoms with Crippen molar-refractivity contribution in [2.45, 2.75) is 80.6 Å². The maximum Gasteiger partial charge on any atom is 0.460 e. The third kappa shape index (κ3) is 5.59. The number of Topliss-reactive ketones (excluding diaryl/α,β-unsaturated/α-hetero) is 1. The molecule has 0 aromatic carbocycles. The molecule has 1 fully saturated rings. The summed E-state index contributed by atoms with van der Waals surface area (Å²) < 4.78 is 257. The van der Waals surface area contributed by atoms with Gasteiger partial charge in [-0.2, -0.15) is 83.1 Å². The van der Waals surface area contributed by atoms with E-state index in [1.165, 1.54) is 20.8 Å². The molecular weight excluding hydrogens is 667 g/mol. The average molecular weight is 686 g/mol. The Labute approximate surface area is 221 Å². The van der Waals surface area contributed by atoms with Crippen LogP contribution in [0.2, 0.25) is 0 Å². The van der Waals surface area contributed by atoms with E-state index in [1.807, 2.05) is 0 Å². The molecule has 4 nitrogen and oxygen atoms in total. The lowest BCUT2D eigenvalue weighted by atomic mass is 9.91. The highest BCUT2D eigenvalue weighted by molar-refractivity contribution is 8.33. The number of hydrogen-bond acceptors (Lipinski definition) is 4. The van der Waals surface area contributed by atoms with Gasteiger partial charge in [-0.05, 0) is 12.8 Å². The molecule has 23 heteroatoms. The van der Waals surface area contributed by atoms with E-state index in [2.05, 4.69) is 3.63 Å². The number of alkyl halides is 17. The van der Waals surface area contributed by atoms with Crippen LogP contribution in [0.1, 0.15) is 33.6 Å². The lowest BCUT2D eigenvalue weighted by Gasteiger charge is -2.43. The summed E-state index contributed by atoms with van der Waals surface area (Å²) in [6.45, 7) is 3.61. The minimum Gasteiger partial charge on any atom is -0.298 e. The fourth-order valence-corrected chi connectivity index (χ4v) is 8.97. The summed E-state index contributed by atoms with van der Waals surface area (Å²) in [5, 5.41) is -7.75. The third-order valence-corrected chi connectivity index (χ3v) is 11.4. The molecule has 1 rings (SSSR count). The summed E-state index contributed by atoms with van der Waals surface area (Å²) >= 11 is 0. The number of hydrogen-bond donors (Lipinski definition) is 0. The molecule has 0 spiro atoms. The van der Waals surface area contributed by atoms with Gasteiger partial charge in [0.2, 0.25) is 0 Å². The summed E-state index contributed by atoms with van der Waals surface area (Å²) in [4.78, 5) is 12.3. The van der Waals surface area contributed by atoms with Crippen molar-refractivity contribution in [1.29, 1.82) is 0 Å². The van der Waals surface area contributed by atoms with Crippen LogP contribution >= 0.6 is 10.3 Å². The number of carbonyl (C=O) groups is 1. The molecule has 0 N–H and O–H groups in total. The molecule has 0 saturated carbocycles. The summed E-state index contributed by atoms with van der Waals surface area (Å²) in [5.41, 5.74) is -1.37. The van der Waals surface area contributed by atoms with Crippen molar-refractivity contribution in [3.63, 3.8) is 0 Å². The molecule has 41 heavy (non-hydrogen) atoms. The summed E-state index contributed by atoms with van der Waals surface area (Å²) in [5.74, 6) is -55.4. The monoisotopic (exact) mass is 686 g/mol. The first kappa shape index (κ1) is 37.8.